The van der Waals surface area contributed by atoms with Crippen molar-refractivity contribution >= 4 is 28.2 Å². The van der Waals surface area contributed by atoms with Crippen LogP contribution in [0.1, 0.15) is 19.4 Å². The van der Waals surface area contributed by atoms with Crippen LogP contribution in [0.4, 0.5) is 14.5 Å². The van der Waals surface area contributed by atoms with E-state index in [0.717, 1.165) is 0 Å². The molecule has 0 unspecified atom stereocenters. The third kappa shape index (κ3) is 2.41. The van der Waals surface area contributed by atoms with Crippen LogP contribution >= 0.6 is 11.6 Å². The Labute approximate surface area is 148 Å². The monoisotopic (exact) mass is 362 g/mol. The molecule has 0 fully saturated rings. The molecule has 2 aromatic carbocycles. The normalized spacial score (nSPS) is 18.9. The average molecular weight is 363 g/mol. The third-order valence-corrected chi connectivity index (χ3v) is 5.25. The molecule has 1 atom stereocenters. The second-order valence-electron chi connectivity index (χ2n) is 7.00. The van der Waals surface area contributed by atoms with Crippen LogP contribution < -0.4 is 5.32 Å². The zero-order valence-corrected chi connectivity index (χ0v) is 14.5. The summed E-state index contributed by atoms with van der Waals surface area (Å²) in [6, 6.07) is 6.45. The van der Waals surface area contributed by atoms with Crippen LogP contribution in [0.25, 0.3) is 22.0 Å². The number of aromatic amines is 1. The van der Waals surface area contributed by atoms with E-state index in [2.05, 4.69) is 10.3 Å². The van der Waals surface area contributed by atoms with Crippen LogP contribution in [0, 0.1) is 11.6 Å². The number of aromatic nitrogens is 1. The number of aliphatic hydroxyl groups is 1. The summed E-state index contributed by atoms with van der Waals surface area (Å²) in [6.07, 6.45) is 0.941. The number of hydrogen-bond acceptors (Lipinski definition) is 2. The maximum absolute atomic E-state index is 15.2. The lowest BCUT2D eigenvalue weighted by Crippen LogP contribution is -2.48. The molecule has 0 saturated heterocycles. The number of H-pyrrole nitrogens is 1. The number of rotatable bonds is 1. The van der Waals surface area contributed by atoms with Gasteiger partial charge in [0, 0.05) is 34.8 Å². The van der Waals surface area contributed by atoms with Gasteiger partial charge in [-0.2, -0.15) is 0 Å². The smallest absolute Gasteiger partial charge is 0.139 e. The molecule has 6 heteroatoms. The lowest BCUT2D eigenvalue weighted by molar-refractivity contribution is 0.109. The average Bonchev–Trinajstić information content (AvgIpc) is 2.92. The van der Waals surface area contributed by atoms with E-state index in [4.69, 9.17) is 11.6 Å². The Balaban J connectivity index is 1.96. The van der Waals surface area contributed by atoms with Crippen molar-refractivity contribution in [3.63, 3.8) is 0 Å². The van der Waals surface area contributed by atoms with Crippen molar-refractivity contribution in [1.82, 2.24) is 4.98 Å². The summed E-state index contributed by atoms with van der Waals surface area (Å²) >= 11 is 6.12. The quantitative estimate of drug-likeness (QED) is 0.578. The van der Waals surface area contributed by atoms with E-state index in [1.54, 1.807) is 38.2 Å². The third-order valence-electron chi connectivity index (χ3n) is 4.94. The molecule has 1 aliphatic rings. The van der Waals surface area contributed by atoms with Gasteiger partial charge in [0.05, 0.1) is 27.7 Å². The summed E-state index contributed by atoms with van der Waals surface area (Å²) in [7, 11) is 0. The predicted molar refractivity (Wildman–Crippen MR) is 96.1 cm³/mol. The highest BCUT2D eigenvalue weighted by Gasteiger charge is 2.36. The summed E-state index contributed by atoms with van der Waals surface area (Å²) in [5.41, 5.74) is 0.886. The Morgan fingerprint density at radius 3 is 2.80 bits per heavy atom. The first-order valence-electron chi connectivity index (χ1n) is 8.02. The SMILES string of the molecule is CC1(C)Nc2cc(F)c(-c3cccc4c(Cl)c[nH]c34)c(F)c2C[C@H]1O. The molecule has 1 aliphatic heterocycles. The molecular formula is C19H17ClF2N2O. The fraction of sp³-hybridized carbons (Fsp3) is 0.263. The van der Waals surface area contributed by atoms with E-state index < -0.39 is 23.3 Å². The first-order valence-corrected chi connectivity index (χ1v) is 8.40. The minimum absolute atomic E-state index is 0.114. The number of hydrogen-bond donors (Lipinski definition) is 3. The molecule has 0 spiro atoms. The minimum atomic E-state index is -0.775. The van der Waals surface area contributed by atoms with Crippen molar-refractivity contribution < 1.29 is 13.9 Å². The maximum Gasteiger partial charge on any atom is 0.139 e. The fourth-order valence-electron chi connectivity index (χ4n) is 3.43. The van der Waals surface area contributed by atoms with Gasteiger partial charge in [-0.15, -0.1) is 0 Å². The van der Waals surface area contributed by atoms with Crippen LogP contribution in [-0.2, 0) is 6.42 Å². The minimum Gasteiger partial charge on any atom is -0.390 e. The van der Waals surface area contributed by atoms with Gasteiger partial charge in [-0.25, -0.2) is 8.78 Å². The molecule has 25 heavy (non-hydrogen) atoms. The fourth-order valence-corrected chi connectivity index (χ4v) is 3.64. The zero-order valence-electron chi connectivity index (χ0n) is 13.8. The van der Waals surface area contributed by atoms with E-state index in [1.165, 1.54) is 6.07 Å². The second kappa shape index (κ2) is 5.44. The molecule has 3 nitrogen and oxygen atoms in total. The summed E-state index contributed by atoms with van der Waals surface area (Å²) in [5, 5.41) is 14.5. The second-order valence-corrected chi connectivity index (χ2v) is 7.41. The van der Waals surface area contributed by atoms with Gasteiger partial charge in [-0.05, 0) is 19.9 Å². The number of para-hydroxylation sites is 1. The van der Waals surface area contributed by atoms with Crippen molar-refractivity contribution in [2.45, 2.75) is 31.9 Å². The van der Waals surface area contributed by atoms with Gasteiger partial charge in [0.2, 0.25) is 0 Å². The molecule has 0 bridgehead atoms. The van der Waals surface area contributed by atoms with E-state index in [9.17, 15) is 9.50 Å². The van der Waals surface area contributed by atoms with Crippen LogP contribution in [0.2, 0.25) is 5.02 Å². The predicted octanol–water partition coefficient (Wildman–Crippen LogP) is 4.87. The zero-order chi connectivity index (χ0) is 17.9. The molecule has 2 heterocycles. The highest BCUT2D eigenvalue weighted by molar-refractivity contribution is 6.36. The summed E-state index contributed by atoms with van der Waals surface area (Å²) in [5.74, 6) is -1.32. The molecule has 4 rings (SSSR count). The molecule has 3 aromatic rings. The topological polar surface area (TPSA) is 48.0 Å². The molecule has 0 aliphatic carbocycles. The van der Waals surface area contributed by atoms with E-state index >= 15 is 4.39 Å². The largest absolute Gasteiger partial charge is 0.390 e. The number of halogens is 3. The van der Waals surface area contributed by atoms with Gasteiger partial charge in [0.15, 0.2) is 0 Å². The van der Waals surface area contributed by atoms with Crippen molar-refractivity contribution in [1.29, 1.82) is 0 Å². The Kier molecular flexibility index (Phi) is 3.56. The first-order chi connectivity index (χ1) is 11.8. The van der Waals surface area contributed by atoms with E-state index in [0.29, 0.717) is 27.2 Å². The van der Waals surface area contributed by atoms with Crippen molar-refractivity contribution in [3.8, 4) is 11.1 Å². The number of nitrogens with one attached hydrogen (secondary N) is 2. The number of aliphatic hydroxyl groups excluding tert-OH is 1. The lowest BCUT2D eigenvalue weighted by Gasteiger charge is -2.38. The van der Waals surface area contributed by atoms with Crippen LogP contribution in [-0.4, -0.2) is 21.7 Å². The summed E-state index contributed by atoms with van der Waals surface area (Å²) in [4.78, 5) is 2.98. The summed E-state index contributed by atoms with van der Waals surface area (Å²) < 4.78 is 30.0. The van der Waals surface area contributed by atoms with Crippen molar-refractivity contribution in [3.05, 3.63) is 52.7 Å². The van der Waals surface area contributed by atoms with Gasteiger partial charge in [-0.3, -0.25) is 0 Å². The number of benzene rings is 2. The number of anilines is 1. The Bertz CT molecular complexity index is 997. The van der Waals surface area contributed by atoms with Gasteiger partial charge in [-0.1, -0.05) is 29.8 Å². The molecular weight excluding hydrogens is 346 g/mol. The Morgan fingerprint density at radius 1 is 1.28 bits per heavy atom. The van der Waals surface area contributed by atoms with E-state index in [-0.39, 0.29) is 17.5 Å². The van der Waals surface area contributed by atoms with Gasteiger partial charge >= 0.3 is 0 Å². The van der Waals surface area contributed by atoms with Crippen LogP contribution in [0.15, 0.2) is 30.5 Å². The van der Waals surface area contributed by atoms with E-state index in [1.807, 2.05) is 0 Å². The molecule has 0 amide bonds. The van der Waals surface area contributed by atoms with Gasteiger partial charge in [0.1, 0.15) is 11.6 Å². The number of fused-ring (bicyclic) bond motifs is 2. The molecule has 130 valence electrons. The van der Waals surface area contributed by atoms with Crippen molar-refractivity contribution in [2.75, 3.05) is 5.32 Å². The Morgan fingerprint density at radius 2 is 2.04 bits per heavy atom. The van der Waals surface area contributed by atoms with Crippen LogP contribution in [0.5, 0.6) is 0 Å². The molecule has 3 N–H and O–H groups in total. The maximum atomic E-state index is 15.2. The highest BCUT2D eigenvalue weighted by atomic mass is 35.5. The Hall–Kier alpha value is -2.11. The standard InChI is InChI=1S/C19H17ClF2N2O/c1-19(2)15(25)6-11-14(24-19)7-13(21)16(17(11)22)10-5-3-4-9-12(20)8-23-18(9)10/h3-5,7-8,15,23-25H,6H2,1-2H3/t15-/m1/s1. The van der Waals surface area contributed by atoms with Gasteiger partial charge in [0.25, 0.3) is 0 Å². The highest BCUT2D eigenvalue weighted by Crippen LogP contribution is 2.40. The van der Waals surface area contributed by atoms with Crippen molar-refractivity contribution in [2.24, 2.45) is 0 Å². The van der Waals surface area contributed by atoms with Crippen LogP contribution in [0.3, 0.4) is 0 Å². The lowest BCUT2D eigenvalue weighted by atomic mass is 9.84. The summed E-state index contributed by atoms with van der Waals surface area (Å²) in [6.45, 7) is 3.60. The van der Waals surface area contributed by atoms with Gasteiger partial charge < -0.3 is 15.4 Å². The molecule has 0 radical (unpaired) electrons. The molecule has 0 saturated carbocycles. The molecule has 1 aromatic heterocycles. The first kappa shape index (κ1) is 16.4.